The second kappa shape index (κ2) is 5.94. The first-order valence-corrected chi connectivity index (χ1v) is 5.11. The largest absolute Gasteiger partial charge is 0.385 e. The van der Waals surface area contributed by atoms with Crippen molar-refractivity contribution < 1.29 is 13.2 Å². The molecule has 0 fully saturated rings. The minimum Gasteiger partial charge on any atom is -0.385 e. The van der Waals surface area contributed by atoms with Crippen LogP contribution in [0.2, 0.25) is 0 Å². The highest BCUT2D eigenvalue weighted by Crippen LogP contribution is 1.84. The molecule has 0 aromatic heterocycles. The van der Waals surface area contributed by atoms with Crippen molar-refractivity contribution >= 4 is 10.0 Å². The van der Waals surface area contributed by atoms with Crippen LogP contribution in [0.15, 0.2) is 0 Å². The van der Waals surface area contributed by atoms with E-state index in [9.17, 15) is 8.42 Å². The van der Waals surface area contributed by atoms with Gasteiger partial charge in [0.05, 0.1) is 6.07 Å². The molecule has 0 aromatic rings. The molecule has 0 rings (SSSR count). The fourth-order valence-electron chi connectivity index (χ4n) is 0.580. The third kappa shape index (κ3) is 6.09. The van der Waals surface area contributed by atoms with Crippen molar-refractivity contribution in [2.24, 2.45) is 0 Å². The topological polar surface area (TPSA) is 79.2 Å². The van der Waals surface area contributed by atoms with E-state index < -0.39 is 15.8 Å². The Hall–Kier alpha value is -0.640. The van der Waals surface area contributed by atoms with Crippen LogP contribution < -0.4 is 4.72 Å². The van der Waals surface area contributed by atoms with Crippen LogP contribution in [-0.2, 0) is 14.8 Å². The fourth-order valence-corrected chi connectivity index (χ4v) is 1.31. The van der Waals surface area contributed by atoms with Crippen LogP contribution in [0, 0.1) is 11.3 Å². The summed E-state index contributed by atoms with van der Waals surface area (Å²) < 4.78 is 28.6. The number of methoxy groups -OCH3 is 1. The Balaban J connectivity index is 3.57. The maximum Gasteiger partial charge on any atom is 0.225 e. The lowest BCUT2D eigenvalue weighted by Crippen LogP contribution is -2.27. The van der Waals surface area contributed by atoms with Crippen molar-refractivity contribution in [2.75, 3.05) is 26.0 Å². The maximum absolute atomic E-state index is 10.8. The summed E-state index contributed by atoms with van der Waals surface area (Å²) in [5, 5.41) is 8.11. The second-order valence-electron chi connectivity index (χ2n) is 2.16. The van der Waals surface area contributed by atoms with E-state index in [2.05, 4.69) is 4.72 Å². The third-order valence-corrected chi connectivity index (χ3v) is 2.25. The molecule has 12 heavy (non-hydrogen) atoms. The van der Waals surface area contributed by atoms with Gasteiger partial charge in [-0.1, -0.05) is 0 Å². The van der Waals surface area contributed by atoms with Gasteiger partial charge in [0.2, 0.25) is 10.0 Å². The van der Waals surface area contributed by atoms with E-state index in [0.29, 0.717) is 19.6 Å². The summed E-state index contributed by atoms with van der Waals surface area (Å²) in [6.07, 6.45) is 0.612. The SMILES string of the molecule is COCCCNS(=O)(=O)CC#N. The van der Waals surface area contributed by atoms with Gasteiger partial charge in [0.15, 0.2) is 5.75 Å². The van der Waals surface area contributed by atoms with Crippen molar-refractivity contribution in [2.45, 2.75) is 6.42 Å². The molecule has 0 aliphatic carbocycles. The lowest BCUT2D eigenvalue weighted by molar-refractivity contribution is 0.196. The molecular weight excluding hydrogens is 180 g/mol. The highest BCUT2D eigenvalue weighted by Gasteiger charge is 2.06. The number of nitriles is 1. The van der Waals surface area contributed by atoms with Gasteiger partial charge in [0.1, 0.15) is 0 Å². The van der Waals surface area contributed by atoms with Crippen LogP contribution in [0.4, 0.5) is 0 Å². The van der Waals surface area contributed by atoms with Crippen molar-refractivity contribution in [3.05, 3.63) is 0 Å². The van der Waals surface area contributed by atoms with E-state index in [0.717, 1.165) is 0 Å². The molecule has 70 valence electrons. The van der Waals surface area contributed by atoms with Gasteiger partial charge < -0.3 is 4.74 Å². The molecule has 0 heterocycles. The normalized spacial score (nSPS) is 11.0. The summed E-state index contributed by atoms with van der Waals surface area (Å²) in [5.41, 5.74) is 0. The molecule has 0 unspecified atom stereocenters. The summed E-state index contributed by atoms with van der Waals surface area (Å²) in [6.45, 7) is 0.826. The zero-order chi connectivity index (χ0) is 9.45. The van der Waals surface area contributed by atoms with Crippen LogP contribution in [0.25, 0.3) is 0 Å². The number of hydrogen-bond donors (Lipinski definition) is 1. The molecule has 6 heteroatoms. The lowest BCUT2D eigenvalue weighted by Gasteiger charge is -2.01. The number of hydrogen-bond acceptors (Lipinski definition) is 4. The Morgan fingerprint density at radius 2 is 2.25 bits per heavy atom. The summed E-state index contributed by atoms with van der Waals surface area (Å²) in [6, 6.07) is 1.57. The molecule has 1 N–H and O–H groups in total. The van der Waals surface area contributed by atoms with Crippen LogP contribution in [0.3, 0.4) is 0 Å². The standard InChI is InChI=1S/C6H12N2O3S/c1-11-5-2-4-8-12(9,10)6-3-7/h8H,2,4-6H2,1H3. The molecular formula is C6H12N2O3S. The molecule has 0 spiro atoms. The average molecular weight is 192 g/mol. The van der Waals surface area contributed by atoms with Crippen molar-refractivity contribution in [3.8, 4) is 6.07 Å². The Morgan fingerprint density at radius 1 is 1.58 bits per heavy atom. The number of rotatable bonds is 6. The van der Waals surface area contributed by atoms with E-state index in [4.69, 9.17) is 10.00 Å². The van der Waals surface area contributed by atoms with Crippen LogP contribution in [-0.4, -0.2) is 34.4 Å². The quantitative estimate of drug-likeness (QED) is 0.573. The van der Waals surface area contributed by atoms with E-state index in [1.165, 1.54) is 0 Å². The van der Waals surface area contributed by atoms with E-state index in [-0.39, 0.29) is 0 Å². The van der Waals surface area contributed by atoms with Crippen molar-refractivity contribution in [1.29, 1.82) is 5.26 Å². The molecule has 0 bridgehead atoms. The van der Waals surface area contributed by atoms with Crippen LogP contribution in [0.5, 0.6) is 0 Å². The molecule has 0 atom stereocenters. The van der Waals surface area contributed by atoms with Gasteiger partial charge in [-0.25, -0.2) is 13.1 Å². The highest BCUT2D eigenvalue weighted by atomic mass is 32.2. The summed E-state index contributed by atoms with van der Waals surface area (Å²) in [4.78, 5) is 0. The first kappa shape index (κ1) is 11.4. The molecule has 0 saturated heterocycles. The Bertz CT molecular complexity index is 242. The van der Waals surface area contributed by atoms with Crippen molar-refractivity contribution in [1.82, 2.24) is 4.72 Å². The van der Waals surface area contributed by atoms with E-state index in [1.54, 1.807) is 13.2 Å². The maximum atomic E-state index is 10.8. The first-order valence-electron chi connectivity index (χ1n) is 3.45. The zero-order valence-corrected chi connectivity index (χ0v) is 7.73. The Kier molecular flexibility index (Phi) is 5.62. The van der Waals surface area contributed by atoms with Gasteiger partial charge in [-0.2, -0.15) is 5.26 Å². The molecule has 0 aliphatic heterocycles. The molecule has 0 saturated carbocycles. The van der Waals surface area contributed by atoms with E-state index >= 15 is 0 Å². The number of ether oxygens (including phenoxy) is 1. The monoisotopic (exact) mass is 192 g/mol. The third-order valence-electron chi connectivity index (χ3n) is 1.10. The predicted molar refractivity (Wildman–Crippen MR) is 43.9 cm³/mol. The van der Waals surface area contributed by atoms with Crippen LogP contribution >= 0.6 is 0 Å². The number of nitrogens with one attached hydrogen (secondary N) is 1. The van der Waals surface area contributed by atoms with E-state index in [1.807, 2.05) is 0 Å². The Morgan fingerprint density at radius 3 is 2.75 bits per heavy atom. The van der Waals surface area contributed by atoms with Gasteiger partial charge in [-0.15, -0.1) is 0 Å². The number of sulfonamides is 1. The smallest absolute Gasteiger partial charge is 0.225 e. The lowest BCUT2D eigenvalue weighted by atomic mass is 10.5. The predicted octanol–water partition coefficient (Wildman–Crippen LogP) is -0.534. The summed E-state index contributed by atoms with van der Waals surface area (Å²) >= 11 is 0. The minimum atomic E-state index is -3.38. The van der Waals surface area contributed by atoms with Crippen LogP contribution in [0.1, 0.15) is 6.42 Å². The Labute approximate surface area is 72.4 Å². The average Bonchev–Trinajstić information content (AvgIpc) is 1.98. The molecule has 0 radical (unpaired) electrons. The van der Waals surface area contributed by atoms with Gasteiger partial charge in [0, 0.05) is 20.3 Å². The van der Waals surface area contributed by atoms with Gasteiger partial charge in [-0.3, -0.25) is 0 Å². The highest BCUT2D eigenvalue weighted by molar-refractivity contribution is 7.89. The second-order valence-corrected chi connectivity index (χ2v) is 3.96. The summed E-state index contributed by atoms with van der Waals surface area (Å²) in [5.74, 6) is -0.486. The fraction of sp³-hybridized carbons (Fsp3) is 0.833. The first-order chi connectivity index (χ1) is 5.62. The van der Waals surface area contributed by atoms with Gasteiger partial charge in [0.25, 0.3) is 0 Å². The van der Waals surface area contributed by atoms with Crippen molar-refractivity contribution in [3.63, 3.8) is 0 Å². The molecule has 5 nitrogen and oxygen atoms in total. The zero-order valence-electron chi connectivity index (χ0n) is 6.91. The summed E-state index contributed by atoms with van der Waals surface area (Å²) in [7, 11) is -1.83. The molecule has 0 aliphatic rings. The van der Waals surface area contributed by atoms with Gasteiger partial charge >= 0.3 is 0 Å². The molecule has 0 aromatic carbocycles. The minimum absolute atomic E-state index is 0.317. The number of nitrogens with zero attached hydrogens (tertiary/aromatic N) is 1. The molecule has 0 amide bonds. The van der Waals surface area contributed by atoms with Gasteiger partial charge in [-0.05, 0) is 6.42 Å².